The van der Waals surface area contributed by atoms with Crippen LogP contribution in [0.2, 0.25) is 0 Å². The van der Waals surface area contributed by atoms with Crippen molar-refractivity contribution in [1.29, 1.82) is 0 Å². The fraction of sp³-hybridized carbons (Fsp3) is 0.130. The summed E-state index contributed by atoms with van der Waals surface area (Å²) >= 11 is 0. The third-order valence-corrected chi connectivity index (χ3v) is 11.2. The lowest BCUT2D eigenvalue weighted by Crippen LogP contribution is -2.17. The summed E-state index contributed by atoms with van der Waals surface area (Å²) in [5.74, 6) is 0. The van der Waals surface area contributed by atoms with Crippen LogP contribution >= 0.6 is 0 Å². The molecule has 1 aromatic heterocycles. The van der Waals surface area contributed by atoms with Crippen LogP contribution in [0.1, 0.15) is 49.9 Å². The zero-order valence-electron chi connectivity index (χ0n) is 27.6. The highest BCUT2D eigenvalue weighted by molar-refractivity contribution is 6.10. The highest BCUT2D eigenvalue weighted by atomic mass is 16.3. The van der Waals surface area contributed by atoms with Crippen molar-refractivity contribution in [3.8, 4) is 22.3 Å². The Kier molecular flexibility index (Phi) is 5.44. The van der Waals surface area contributed by atoms with Crippen LogP contribution < -0.4 is 4.90 Å². The molecule has 7 aromatic carbocycles. The Morgan fingerprint density at radius 2 is 1.02 bits per heavy atom. The molecule has 2 aliphatic carbocycles. The van der Waals surface area contributed by atoms with E-state index in [0.29, 0.717) is 0 Å². The maximum Gasteiger partial charge on any atom is 0.159 e. The van der Waals surface area contributed by atoms with Gasteiger partial charge in [0, 0.05) is 33.0 Å². The van der Waals surface area contributed by atoms with E-state index in [0.717, 1.165) is 39.0 Å². The van der Waals surface area contributed by atoms with Gasteiger partial charge in [-0.3, -0.25) is 0 Å². The monoisotopic (exact) mass is 617 g/mol. The van der Waals surface area contributed by atoms with Crippen molar-refractivity contribution in [2.24, 2.45) is 0 Å². The molecule has 0 radical (unpaired) electrons. The number of hydrogen-bond acceptors (Lipinski definition) is 2. The van der Waals surface area contributed by atoms with Crippen LogP contribution in [0.4, 0.5) is 17.1 Å². The van der Waals surface area contributed by atoms with Gasteiger partial charge in [-0.2, -0.15) is 0 Å². The molecule has 0 aliphatic heterocycles. The molecule has 0 saturated carbocycles. The number of anilines is 3. The normalized spacial score (nSPS) is 15.0. The molecule has 8 aromatic rings. The van der Waals surface area contributed by atoms with Crippen LogP contribution in [-0.2, 0) is 10.8 Å². The van der Waals surface area contributed by atoms with Gasteiger partial charge in [0.25, 0.3) is 0 Å². The summed E-state index contributed by atoms with van der Waals surface area (Å²) in [6.45, 7) is 9.56. The van der Waals surface area contributed by atoms with Crippen LogP contribution in [-0.4, -0.2) is 0 Å². The van der Waals surface area contributed by atoms with Gasteiger partial charge in [0.2, 0.25) is 0 Å². The molecular formula is C46H35NO. The second kappa shape index (κ2) is 9.49. The molecule has 0 spiro atoms. The second-order valence-corrected chi connectivity index (χ2v) is 14.6. The minimum Gasteiger partial charge on any atom is -0.454 e. The summed E-state index contributed by atoms with van der Waals surface area (Å²) in [6.07, 6.45) is 0. The van der Waals surface area contributed by atoms with Crippen molar-refractivity contribution in [1.82, 2.24) is 0 Å². The predicted molar refractivity (Wildman–Crippen MR) is 201 cm³/mol. The first-order valence-corrected chi connectivity index (χ1v) is 16.9. The van der Waals surface area contributed by atoms with E-state index in [4.69, 9.17) is 4.42 Å². The molecule has 1 heterocycles. The van der Waals surface area contributed by atoms with E-state index in [2.05, 4.69) is 166 Å². The molecule has 0 N–H and O–H groups in total. The Morgan fingerprint density at radius 3 is 1.79 bits per heavy atom. The van der Waals surface area contributed by atoms with Gasteiger partial charge < -0.3 is 9.32 Å². The van der Waals surface area contributed by atoms with Gasteiger partial charge in [-0.1, -0.05) is 107 Å². The Balaban J connectivity index is 1.16. The van der Waals surface area contributed by atoms with E-state index in [1.807, 2.05) is 6.07 Å². The molecule has 230 valence electrons. The lowest BCUT2D eigenvalue weighted by Gasteiger charge is -2.28. The lowest BCUT2D eigenvalue weighted by molar-refractivity contribution is 0.652. The molecule has 0 atom stereocenters. The van der Waals surface area contributed by atoms with Gasteiger partial charge in [-0.15, -0.1) is 0 Å². The number of fused-ring (bicyclic) bond motifs is 10. The van der Waals surface area contributed by atoms with Gasteiger partial charge in [0.1, 0.15) is 5.58 Å². The van der Waals surface area contributed by atoms with E-state index < -0.39 is 0 Å². The minimum absolute atomic E-state index is 0.0774. The third-order valence-electron chi connectivity index (χ3n) is 11.2. The van der Waals surface area contributed by atoms with E-state index >= 15 is 0 Å². The first-order valence-electron chi connectivity index (χ1n) is 16.9. The standard InChI is InChI=1S/C46H35NO/c1-45(2)38-24-29-14-9-8-13-28(29)23-35(38)37-27-40-36(26-41(37)45)32-22-21-31(25-39(32)46(40,3)4)47(30-15-6-5-7-16-30)42-19-12-18-34-33-17-10-11-20-43(33)48-44(34)42/h5-27H,1-4H3. The van der Waals surface area contributed by atoms with Crippen molar-refractivity contribution in [3.63, 3.8) is 0 Å². The smallest absolute Gasteiger partial charge is 0.159 e. The third kappa shape index (κ3) is 3.63. The summed E-state index contributed by atoms with van der Waals surface area (Å²) in [7, 11) is 0. The van der Waals surface area contributed by atoms with Gasteiger partial charge in [-0.25, -0.2) is 0 Å². The van der Waals surface area contributed by atoms with E-state index in [1.165, 1.54) is 55.3 Å². The molecule has 2 nitrogen and oxygen atoms in total. The molecular weight excluding hydrogens is 583 g/mol. The summed E-state index contributed by atoms with van der Waals surface area (Å²) < 4.78 is 6.57. The molecule has 0 unspecified atom stereocenters. The summed E-state index contributed by atoms with van der Waals surface area (Å²) in [4.78, 5) is 2.36. The van der Waals surface area contributed by atoms with Crippen molar-refractivity contribution < 1.29 is 4.42 Å². The summed E-state index contributed by atoms with van der Waals surface area (Å²) in [6, 6.07) is 51.1. The zero-order valence-corrected chi connectivity index (χ0v) is 27.6. The SMILES string of the molecule is CC1(C)c2cc(N(c3ccccc3)c3cccc4c3oc3ccccc34)ccc2-c2cc3c(cc21)-c1cc2ccccc2cc1C3(C)C. The van der Waals surface area contributed by atoms with Crippen LogP contribution in [0.25, 0.3) is 55.0 Å². The largest absolute Gasteiger partial charge is 0.454 e. The lowest BCUT2D eigenvalue weighted by atomic mass is 9.79. The fourth-order valence-corrected chi connectivity index (χ4v) is 8.69. The summed E-state index contributed by atoms with van der Waals surface area (Å²) in [5.41, 5.74) is 15.8. The zero-order chi connectivity index (χ0) is 32.4. The number of para-hydroxylation sites is 3. The second-order valence-electron chi connectivity index (χ2n) is 14.6. The van der Waals surface area contributed by atoms with E-state index in [-0.39, 0.29) is 10.8 Å². The van der Waals surface area contributed by atoms with E-state index in [1.54, 1.807) is 0 Å². The van der Waals surface area contributed by atoms with Crippen molar-refractivity contribution >= 4 is 49.8 Å². The van der Waals surface area contributed by atoms with Crippen LogP contribution in [0.5, 0.6) is 0 Å². The number of furan rings is 1. The highest BCUT2D eigenvalue weighted by Gasteiger charge is 2.42. The van der Waals surface area contributed by atoms with Crippen LogP contribution in [0.15, 0.2) is 144 Å². The minimum atomic E-state index is -0.173. The van der Waals surface area contributed by atoms with Gasteiger partial charge >= 0.3 is 0 Å². The topological polar surface area (TPSA) is 16.4 Å². The van der Waals surface area contributed by atoms with Crippen molar-refractivity contribution in [2.45, 2.75) is 38.5 Å². The Hall–Kier alpha value is -5.60. The number of benzene rings is 7. The molecule has 2 heteroatoms. The van der Waals surface area contributed by atoms with Crippen LogP contribution in [0, 0.1) is 0 Å². The van der Waals surface area contributed by atoms with Gasteiger partial charge in [-0.05, 0) is 116 Å². The summed E-state index contributed by atoms with van der Waals surface area (Å²) in [5, 5.41) is 4.87. The maximum atomic E-state index is 6.57. The molecule has 2 aliphatic rings. The van der Waals surface area contributed by atoms with Gasteiger partial charge in [0.05, 0.1) is 5.69 Å². The van der Waals surface area contributed by atoms with Crippen molar-refractivity contribution in [2.75, 3.05) is 4.90 Å². The first kappa shape index (κ1) is 27.5. The Morgan fingerprint density at radius 1 is 0.438 bits per heavy atom. The number of hydrogen-bond donors (Lipinski definition) is 0. The fourth-order valence-electron chi connectivity index (χ4n) is 8.69. The maximum absolute atomic E-state index is 6.57. The quantitative estimate of drug-likeness (QED) is 0.196. The van der Waals surface area contributed by atoms with Gasteiger partial charge in [0.15, 0.2) is 5.58 Å². The molecule has 0 amide bonds. The predicted octanol–water partition coefficient (Wildman–Crippen LogP) is 12.8. The Bertz CT molecular complexity index is 2620. The number of nitrogens with zero attached hydrogens (tertiary/aromatic N) is 1. The molecule has 0 bridgehead atoms. The van der Waals surface area contributed by atoms with Crippen LogP contribution in [0.3, 0.4) is 0 Å². The Labute approximate surface area is 280 Å². The van der Waals surface area contributed by atoms with Crippen molar-refractivity contribution in [3.05, 3.63) is 162 Å². The molecule has 0 fully saturated rings. The van der Waals surface area contributed by atoms with E-state index in [9.17, 15) is 0 Å². The number of rotatable bonds is 3. The average molecular weight is 618 g/mol. The first-order chi connectivity index (χ1) is 23.3. The average Bonchev–Trinajstić information content (AvgIpc) is 3.67. The molecule has 10 rings (SSSR count). The highest BCUT2D eigenvalue weighted by Crippen LogP contribution is 2.57. The molecule has 0 saturated heterocycles. The molecule has 48 heavy (non-hydrogen) atoms.